The van der Waals surface area contributed by atoms with E-state index in [-0.39, 0.29) is 36.0 Å². The van der Waals surface area contributed by atoms with Gasteiger partial charge in [0.05, 0.1) is 6.04 Å². The Labute approximate surface area is 148 Å². The maximum absolute atomic E-state index is 11.9. The highest BCUT2D eigenvalue weighted by Crippen LogP contribution is 2.41. The smallest absolute Gasteiger partial charge is 0.410 e. The van der Waals surface area contributed by atoms with Crippen LogP contribution in [-0.4, -0.2) is 36.2 Å². The van der Waals surface area contributed by atoms with Crippen molar-refractivity contribution in [2.45, 2.75) is 50.1 Å². The molecule has 0 radical (unpaired) electrons. The van der Waals surface area contributed by atoms with Crippen molar-refractivity contribution in [1.82, 2.24) is 4.90 Å². The number of ether oxygens (including phenoxy) is 1. The van der Waals surface area contributed by atoms with Gasteiger partial charge >= 0.3 is 6.09 Å². The number of halogens is 2. The number of rotatable bonds is 3. The molecule has 4 nitrogen and oxygen atoms in total. The van der Waals surface area contributed by atoms with Gasteiger partial charge in [0.2, 0.25) is 0 Å². The van der Waals surface area contributed by atoms with Gasteiger partial charge in [-0.3, -0.25) is 4.90 Å². The Morgan fingerprint density at radius 2 is 2.09 bits per heavy atom. The Hall–Kier alpha value is -0.970. The molecule has 1 amide bonds. The van der Waals surface area contributed by atoms with Crippen LogP contribution in [0.5, 0.6) is 0 Å². The second-order valence-electron chi connectivity index (χ2n) is 6.56. The fourth-order valence-electron chi connectivity index (χ4n) is 3.90. The van der Waals surface area contributed by atoms with Crippen molar-refractivity contribution in [3.05, 3.63) is 34.9 Å². The van der Waals surface area contributed by atoms with Crippen LogP contribution in [0.2, 0.25) is 5.02 Å². The number of amides is 1. The van der Waals surface area contributed by atoms with Crippen LogP contribution in [0.1, 0.15) is 38.2 Å². The Balaban J connectivity index is 0.00000192. The highest BCUT2D eigenvalue weighted by Gasteiger charge is 2.42. The zero-order valence-corrected chi connectivity index (χ0v) is 14.9. The summed E-state index contributed by atoms with van der Waals surface area (Å²) in [6, 6.07) is 8.47. The van der Waals surface area contributed by atoms with E-state index in [4.69, 9.17) is 22.1 Å². The fraction of sp³-hybridized carbons (Fsp3) is 0.588. The van der Waals surface area contributed by atoms with Crippen molar-refractivity contribution < 1.29 is 9.53 Å². The molecular weight excluding hydrogens is 335 g/mol. The lowest BCUT2D eigenvalue weighted by Crippen LogP contribution is -2.47. The van der Waals surface area contributed by atoms with Crippen LogP contribution in [0.4, 0.5) is 4.79 Å². The molecule has 2 aliphatic rings. The van der Waals surface area contributed by atoms with E-state index in [1.165, 1.54) is 5.56 Å². The number of cyclic esters (lactones) is 1. The average molecular weight is 359 g/mol. The number of carbonyl (C=O) groups is 1. The fourth-order valence-corrected chi connectivity index (χ4v) is 4.09. The van der Waals surface area contributed by atoms with E-state index in [9.17, 15) is 4.79 Å². The molecule has 1 aromatic carbocycles. The van der Waals surface area contributed by atoms with Gasteiger partial charge in [-0.2, -0.15) is 0 Å². The van der Waals surface area contributed by atoms with Crippen molar-refractivity contribution in [3.8, 4) is 0 Å². The van der Waals surface area contributed by atoms with Gasteiger partial charge in [-0.05, 0) is 50.3 Å². The molecule has 2 N–H and O–H groups in total. The molecule has 1 atom stereocenters. The van der Waals surface area contributed by atoms with Crippen molar-refractivity contribution in [3.63, 3.8) is 0 Å². The molecule has 1 heterocycles. The summed E-state index contributed by atoms with van der Waals surface area (Å²) in [6.07, 6.45) is 3.71. The van der Waals surface area contributed by atoms with E-state index in [0.29, 0.717) is 13.2 Å². The van der Waals surface area contributed by atoms with Crippen LogP contribution in [0.3, 0.4) is 0 Å². The van der Waals surface area contributed by atoms with Gasteiger partial charge in [0.15, 0.2) is 0 Å². The van der Waals surface area contributed by atoms with Gasteiger partial charge in [-0.1, -0.05) is 23.7 Å². The summed E-state index contributed by atoms with van der Waals surface area (Å²) < 4.78 is 5.15. The van der Waals surface area contributed by atoms with Crippen molar-refractivity contribution >= 4 is 30.1 Å². The minimum Gasteiger partial charge on any atom is -0.447 e. The topological polar surface area (TPSA) is 55.6 Å². The average Bonchev–Trinajstić information content (AvgIpc) is 2.86. The lowest BCUT2D eigenvalue weighted by molar-refractivity contribution is 0.119. The molecule has 0 bridgehead atoms. The molecule has 1 saturated carbocycles. The van der Waals surface area contributed by atoms with Crippen LogP contribution in [0.15, 0.2) is 24.3 Å². The lowest BCUT2D eigenvalue weighted by Gasteiger charge is -2.42. The highest BCUT2D eigenvalue weighted by atomic mass is 35.5. The van der Waals surface area contributed by atoms with Crippen molar-refractivity contribution in [2.24, 2.45) is 5.73 Å². The third-order valence-corrected chi connectivity index (χ3v) is 5.50. The molecule has 1 saturated heterocycles. The Bertz CT molecular complexity index is 559. The quantitative estimate of drug-likeness (QED) is 0.895. The van der Waals surface area contributed by atoms with Crippen LogP contribution < -0.4 is 5.73 Å². The number of benzene rings is 1. The molecule has 6 heteroatoms. The number of nitrogens with two attached hydrogens (primary N) is 1. The Morgan fingerprint density at radius 3 is 2.61 bits per heavy atom. The summed E-state index contributed by atoms with van der Waals surface area (Å²) in [5.41, 5.74) is 7.33. The summed E-state index contributed by atoms with van der Waals surface area (Å²) in [5.74, 6) is 0. The zero-order chi connectivity index (χ0) is 15.7. The Morgan fingerprint density at radius 1 is 1.39 bits per heavy atom. The second-order valence-corrected chi connectivity index (χ2v) is 7.00. The van der Waals surface area contributed by atoms with E-state index >= 15 is 0 Å². The third-order valence-electron chi connectivity index (χ3n) is 5.27. The SMILES string of the molecule is C[C@@H]1COC(=O)N1[C@H]1CC[C@](CN)(c2cccc(Cl)c2)CC1.Cl. The van der Waals surface area contributed by atoms with Crippen molar-refractivity contribution in [2.75, 3.05) is 13.2 Å². The predicted octanol–water partition coefficient (Wildman–Crippen LogP) is 3.74. The standard InChI is InChI=1S/C17H23ClN2O2.ClH/c1-12-10-22-16(21)20(12)15-5-7-17(11-19,8-6-15)13-3-2-4-14(18)9-13;/h2-4,9,12,15H,5-8,10-11,19H2,1H3;1H/t12-,15-,17-;/m1./s1. The molecule has 0 spiro atoms. The molecule has 2 fully saturated rings. The van der Waals surface area contributed by atoms with Gasteiger partial charge in [-0.25, -0.2) is 4.79 Å². The normalized spacial score (nSPS) is 30.7. The van der Waals surface area contributed by atoms with Crippen LogP contribution in [0, 0.1) is 0 Å². The van der Waals surface area contributed by atoms with Gasteiger partial charge < -0.3 is 10.5 Å². The largest absolute Gasteiger partial charge is 0.447 e. The highest BCUT2D eigenvalue weighted by molar-refractivity contribution is 6.30. The molecule has 0 unspecified atom stereocenters. The maximum Gasteiger partial charge on any atom is 0.410 e. The van der Waals surface area contributed by atoms with E-state index in [1.807, 2.05) is 30.0 Å². The van der Waals surface area contributed by atoms with Gasteiger partial charge in [0.1, 0.15) is 6.61 Å². The van der Waals surface area contributed by atoms with E-state index in [1.54, 1.807) is 0 Å². The monoisotopic (exact) mass is 358 g/mol. The minimum atomic E-state index is -0.166. The van der Waals surface area contributed by atoms with Crippen molar-refractivity contribution in [1.29, 1.82) is 0 Å². The first-order valence-corrected chi connectivity index (χ1v) is 8.35. The van der Waals surface area contributed by atoms with E-state index in [0.717, 1.165) is 30.7 Å². The number of hydrogen-bond donors (Lipinski definition) is 1. The molecule has 1 aromatic rings. The van der Waals surface area contributed by atoms with Gasteiger partial charge in [-0.15, -0.1) is 12.4 Å². The molecule has 0 aromatic heterocycles. The van der Waals surface area contributed by atoms with Crippen LogP contribution >= 0.6 is 24.0 Å². The summed E-state index contributed by atoms with van der Waals surface area (Å²) in [4.78, 5) is 13.8. The minimum absolute atomic E-state index is 0. The molecule has 3 rings (SSSR count). The Kier molecular flexibility index (Phi) is 5.82. The molecule has 1 aliphatic heterocycles. The van der Waals surface area contributed by atoms with Crippen LogP contribution in [0.25, 0.3) is 0 Å². The number of nitrogens with zero attached hydrogens (tertiary/aromatic N) is 1. The first kappa shape index (κ1) is 18.4. The van der Waals surface area contributed by atoms with E-state index < -0.39 is 0 Å². The summed E-state index contributed by atoms with van der Waals surface area (Å²) in [7, 11) is 0. The summed E-state index contributed by atoms with van der Waals surface area (Å²) in [5, 5.41) is 0.754. The summed E-state index contributed by atoms with van der Waals surface area (Å²) >= 11 is 6.14. The lowest BCUT2D eigenvalue weighted by atomic mass is 9.68. The summed E-state index contributed by atoms with van der Waals surface area (Å²) in [6.45, 7) is 3.17. The first-order valence-electron chi connectivity index (χ1n) is 7.97. The van der Waals surface area contributed by atoms with E-state index in [2.05, 4.69) is 6.07 Å². The zero-order valence-electron chi connectivity index (χ0n) is 13.3. The number of hydrogen-bond acceptors (Lipinski definition) is 3. The maximum atomic E-state index is 11.9. The molecule has 23 heavy (non-hydrogen) atoms. The van der Waals surface area contributed by atoms with Crippen LogP contribution in [-0.2, 0) is 10.2 Å². The van der Waals surface area contributed by atoms with Gasteiger partial charge in [0, 0.05) is 23.0 Å². The second kappa shape index (κ2) is 7.29. The predicted molar refractivity (Wildman–Crippen MR) is 94.3 cm³/mol. The van der Waals surface area contributed by atoms with Gasteiger partial charge in [0.25, 0.3) is 0 Å². The molecule has 128 valence electrons. The number of carbonyl (C=O) groups excluding carboxylic acids is 1. The molecule has 1 aliphatic carbocycles. The first-order chi connectivity index (χ1) is 10.6. The third kappa shape index (κ3) is 3.44. The molecular formula is C17H24Cl2N2O2.